The Balaban J connectivity index is 1.15. The zero-order chi connectivity index (χ0) is 33.5. The van der Waals surface area contributed by atoms with E-state index in [0.717, 1.165) is 5.69 Å². The summed E-state index contributed by atoms with van der Waals surface area (Å²) in [6.07, 6.45) is 0. The van der Waals surface area contributed by atoms with Crippen molar-refractivity contribution in [3.63, 3.8) is 0 Å². The van der Waals surface area contributed by atoms with Crippen LogP contribution in [0.2, 0.25) is 0 Å². The van der Waals surface area contributed by atoms with E-state index in [1.807, 2.05) is 11.3 Å². The van der Waals surface area contributed by atoms with Crippen molar-refractivity contribution < 1.29 is 0 Å². The Kier molecular flexibility index (Phi) is 6.16. The summed E-state index contributed by atoms with van der Waals surface area (Å²) in [5.74, 6) is 0. The molecule has 0 fully saturated rings. The number of aromatic nitrogens is 2. The number of para-hydroxylation sites is 3. The van der Waals surface area contributed by atoms with E-state index in [2.05, 4.69) is 191 Å². The molecule has 2 nitrogen and oxygen atoms in total. The summed E-state index contributed by atoms with van der Waals surface area (Å²) in [6, 6.07) is 66.6. The van der Waals surface area contributed by atoms with E-state index in [9.17, 15) is 0 Å². The standard InChI is InChI=1S/C48H30N2S/c1-2-13-31(14-3-1)34-15-4-8-21-42(34)50-44-23-10-6-17-37(44)41-29-40-36-16-5-9-22-43(36)49(45(40)30-46(41)50)33-27-25-32(26-28-33)35-19-12-20-39-38-18-7-11-24-47(38)51-48(35)39/h1-30H. The van der Waals surface area contributed by atoms with Crippen LogP contribution >= 0.6 is 11.3 Å². The third kappa shape index (κ3) is 4.22. The Morgan fingerprint density at radius 2 is 0.902 bits per heavy atom. The zero-order valence-corrected chi connectivity index (χ0v) is 28.4. The molecule has 0 N–H and O–H groups in total. The minimum absolute atomic E-state index is 1.15. The van der Waals surface area contributed by atoms with Gasteiger partial charge in [0, 0.05) is 53.0 Å². The molecule has 11 rings (SSSR count). The Morgan fingerprint density at radius 1 is 0.333 bits per heavy atom. The average Bonchev–Trinajstić information content (AvgIpc) is 3.85. The van der Waals surface area contributed by atoms with Crippen molar-refractivity contribution in [2.75, 3.05) is 0 Å². The van der Waals surface area contributed by atoms with Crippen molar-refractivity contribution in [2.45, 2.75) is 0 Å². The molecule has 3 aromatic heterocycles. The molecule has 0 radical (unpaired) electrons. The second-order valence-corrected chi connectivity index (χ2v) is 14.4. The number of thiophene rings is 1. The highest BCUT2D eigenvalue weighted by Crippen LogP contribution is 2.43. The fourth-order valence-corrected chi connectivity index (χ4v) is 9.50. The minimum atomic E-state index is 1.15. The van der Waals surface area contributed by atoms with Crippen LogP contribution < -0.4 is 0 Å². The second kappa shape index (κ2) is 11.0. The highest BCUT2D eigenvalue weighted by molar-refractivity contribution is 7.26. The van der Waals surface area contributed by atoms with Crippen molar-refractivity contribution in [2.24, 2.45) is 0 Å². The molecular weight excluding hydrogens is 637 g/mol. The molecule has 0 aliphatic carbocycles. The molecule has 0 bridgehead atoms. The lowest BCUT2D eigenvalue weighted by atomic mass is 10.0. The van der Waals surface area contributed by atoms with Crippen molar-refractivity contribution in [1.82, 2.24) is 9.13 Å². The lowest BCUT2D eigenvalue weighted by Gasteiger charge is -2.14. The van der Waals surface area contributed by atoms with Gasteiger partial charge in [0.15, 0.2) is 0 Å². The van der Waals surface area contributed by atoms with Gasteiger partial charge in [-0.05, 0) is 65.2 Å². The number of hydrogen-bond donors (Lipinski definition) is 0. The van der Waals surface area contributed by atoms with E-state index >= 15 is 0 Å². The van der Waals surface area contributed by atoms with E-state index in [4.69, 9.17) is 0 Å². The highest BCUT2D eigenvalue weighted by atomic mass is 32.1. The number of hydrogen-bond acceptors (Lipinski definition) is 1. The summed E-state index contributed by atoms with van der Waals surface area (Å²) < 4.78 is 7.58. The SMILES string of the molecule is c1ccc(-c2ccccc2-n2c3ccccc3c3cc4c5ccccc5n(-c5ccc(-c6cccc7c6sc6ccccc67)cc5)c4cc32)cc1. The first-order valence-electron chi connectivity index (χ1n) is 17.4. The number of nitrogens with zero attached hydrogens (tertiary/aromatic N) is 2. The molecule has 0 spiro atoms. The maximum absolute atomic E-state index is 2.46. The van der Waals surface area contributed by atoms with Gasteiger partial charge in [-0.2, -0.15) is 0 Å². The molecule has 0 unspecified atom stereocenters. The average molecular weight is 667 g/mol. The van der Waals surface area contributed by atoms with Crippen LogP contribution in [0.4, 0.5) is 0 Å². The number of rotatable bonds is 4. The summed E-state index contributed by atoms with van der Waals surface area (Å²) >= 11 is 1.88. The van der Waals surface area contributed by atoms with Crippen LogP contribution in [-0.2, 0) is 0 Å². The Morgan fingerprint density at radius 3 is 1.69 bits per heavy atom. The second-order valence-electron chi connectivity index (χ2n) is 13.3. The van der Waals surface area contributed by atoms with Gasteiger partial charge in [-0.3, -0.25) is 0 Å². The minimum Gasteiger partial charge on any atom is -0.309 e. The third-order valence-corrected chi connectivity index (χ3v) is 11.8. The molecule has 51 heavy (non-hydrogen) atoms. The monoisotopic (exact) mass is 666 g/mol. The molecule has 8 aromatic carbocycles. The van der Waals surface area contributed by atoms with Crippen LogP contribution in [0.3, 0.4) is 0 Å². The van der Waals surface area contributed by atoms with Crippen LogP contribution in [0.5, 0.6) is 0 Å². The molecule has 3 heteroatoms. The summed E-state index contributed by atoms with van der Waals surface area (Å²) in [7, 11) is 0. The molecule has 3 heterocycles. The fraction of sp³-hybridized carbons (Fsp3) is 0. The molecule has 0 aliphatic rings. The van der Waals surface area contributed by atoms with Crippen molar-refractivity contribution in [3.8, 4) is 33.6 Å². The van der Waals surface area contributed by atoms with E-state index in [1.54, 1.807) is 0 Å². The van der Waals surface area contributed by atoms with Gasteiger partial charge in [-0.1, -0.05) is 133 Å². The predicted octanol–water partition coefficient (Wildman–Crippen LogP) is 13.6. The molecule has 0 aliphatic heterocycles. The lowest BCUT2D eigenvalue weighted by Crippen LogP contribution is -1.98. The van der Waals surface area contributed by atoms with E-state index < -0.39 is 0 Å². The van der Waals surface area contributed by atoms with Crippen molar-refractivity contribution >= 4 is 75.1 Å². The van der Waals surface area contributed by atoms with Crippen molar-refractivity contribution in [3.05, 3.63) is 182 Å². The predicted molar refractivity (Wildman–Crippen MR) is 219 cm³/mol. The van der Waals surface area contributed by atoms with Gasteiger partial charge in [-0.25, -0.2) is 0 Å². The van der Waals surface area contributed by atoms with Gasteiger partial charge in [0.25, 0.3) is 0 Å². The van der Waals surface area contributed by atoms with Gasteiger partial charge in [0.05, 0.1) is 27.8 Å². The zero-order valence-electron chi connectivity index (χ0n) is 27.6. The smallest absolute Gasteiger partial charge is 0.0562 e. The lowest BCUT2D eigenvalue weighted by molar-refractivity contribution is 1.17. The number of fused-ring (bicyclic) bond motifs is 9. The highest BCUT2D eigenvalue weighted by Gasteiger charge is 2.20. The summed E-state index contributed by atoms with van der Waals surface area (Å²) in [4.78, 5) is 0. The summed E-state index contributed by atoms with van der Waals surface area (Å²) in [5, 5.41) is 7.69. The quantitative estimate of drug-likeness (QED) is 0.177. The molecular formula is C48H30N2S. The van der Waals surface area contributed by atoms with Crippen LogP contribution in [0, 0.1) is 0 Å². The van der Waals surface area contributed by atoms with Gasteiger partial charge < -0.3 is 9.13 Å². The van der Waals surface area contributed by atoms with E-state index in [-0.39, 0.29) is 0 Å². The van der Waals surface area contributed by atoms with Gasteiger partial charge in [-0.15, -0.1) is 11.3 Å². The maximum atomic E-state index is 2.46. The van der Waals surface area contributed by atoms with Crippen LogP contribution in [0.15, 0.2) is 182 Å². The molecule has 0 atom stereocenters. The Labute approximate surface area is 298 Å². The molecule has 0 saturated heterocycles. The Hall–Kier alpha value is -6.42. The van der Waals surface area contributed by atoms with E-state index in [1.165, 1.54) is 91.7 Å². The molecule has 11 aromatic rings. The van der Waals surface area contributed by atoms with E-state index in [0.29, 0.717) is 0 Å². The first-order valence-corrected chi connectivity index (χ1v) is 18.3. The molecule has 0 amide bonds. The largest absolute Gasteiger partial charge is 0.309 e. The molecule has 238 valence electrons. The third-order valence-electron chi connectivity index (χ3n) is 10.5. The van der Waals surface area contributed by atoms with Crippen LogP contribution in [-0.4, -0.2) is 9.13 Å². The van der Waals surface area contributed by atoms with Crippen LogP contribution in [0.25, 0.3) is 97.4 Å². The summed E-state index contributed by atoms with van der Waals surface area (Å²) in [6.45, 7) is 0. The van der Waals surface area contributed by atoms with Crippen molar-refractivity contribution in [1.29, 1.82) is 0 Å². The topological polar surface area (TPSA) is 9.86 Å². The summed E-state index contributed by atoms with van der Waals surface area (Å²) in [5.41, 5.74) is 12.1. The fourth-order valence-electron chi connectivity index (χ4n) is 8.26. The van der Waals surface area contributed by atoms with Gasteiger partial charge >= 0.3 is 0 Å². The normalized spacial score (nSPS) is 11.9. The van der Waals surface area contributed by atoms with Gasteiger partial charge in [0.1, 0.15) is 0 Å². The first-order chi connectivity index (χ1) is 25.3. The van der Waals surface area contributed by atoms with Crippen LogP contribution in [0.1, 0.15) is 0 Å². The first kappa shape index (κ1) is 28.4. The molecule has 0 saturated carbocycles. The number of benzene rings is 8. The Bertz CT molecular complexity index is 3120. The maximum Gasteiger partial charge on any atom is 0.0562 e. The van der Waals surface area contributed by atoms with Gasteiger partial charge in [0.2, 0.25) is 0 Å².